The lowest BCUT2D eigenvalue weighted by atomic mass is 9.92. The highest BCUT2D eigenvalue weighted by Crippen LogP contribution is 2.23. The van der Waals surface area contributed by atoms with Crippen molar-refractivity contribution in [2.75, 3.05) is 26.7 Å². The highest BCUT2D eigenvalue weighted by Gasteiger charge is 2.30. The Labute approximate surface area is 194 Å². The van der Waals surface area contributed by atoms with Crippen molar-refractivity contribution in [2.45, 2.75) is 65.7 Å². The molecule has 0 atom stereocenters. The fourth-order valence-corrected chi connectivity index (χ4v) is 3.27. The van der Waals surface area contributed by atoms with Gasteiger partial charge in [0, 0.05) is 32.8 Å². The number of alkyl halides is 3. The van der Waals surface area contributed by atoms with Crippen LogP contribution in [0.25, 0.3) is 0 Å². The molecular formula is C24H36F3N3O3. The van der Waals surface area contributed by atoms with Gasteiger partial charge in [-0.3, -0.25) is 9.79 Å². The number of hydrogen-bond acceptors (Lipinski definition) is 4. The predicted molar refractivity (Wildman–Crippen MR) is 125 cm³/mol. The highest BCUT2D eigenvalue weighted by atomic mass is 19.4. The molecule has 0 aromatic heterocycles. The molecule has 0 unspecified atom stereocenters. The van der Waals surface area contributed by atoms with Crippen LogP contribution in [0.15, 0.2) is 34.3 Å². The lowest BCUT2D eigenvalue weighted by molar-refractivity contribution is -0.274. The summed E-state index contributed by atoms with van der Waals surface area (Å²) in [7, 11) is 1.80. The third kappa shape index (κ3) is 12.9. The minimum atomic E-state index is -4.60. The predicted octanol–water partition coefficient (Wildman–Crippen LogP) is 5.79. The van der Waals surface area contributed by atoms with Gasteiger partial charge in [-0.1, -0.05) is 31.0 Å². The van der Waals surface area contributed by atoms with Crippen molar-refractivity contribution in [1.82, 2.24) is 4.90 Å². The summed E-state index contributed by atoms with van der Waals surface area (Å²) in [5.74, 6) is 1.20. The molecule has 0 N–H and O–H groups in total. The van der Waals surface area contributed by atoms with E-state index in [1.165, 1.54) is 12.1 Å². The van der Waals surface area contributed by atoms with E-state index in [1.54, 1.807) is 26.1 Å². The van der Waals surface area contributed by atoms with E-state index in [-0.39, 0.29) is 11.7 Å². The number of carbonyl (C=O) groups is 1. The van der Waals surface area contributed by atoms with E-state index >= 15 is 0 Å². The SMILES string of the molecule is CCC/C=N\C(=NC)N1CCC(CCC(=O)OCC)CC1.Cc1ccc(OC(F)(F)F)cc1. The summed E-state index contributed by atoms with van der Waals surface area (Å²) in [5, 5.41) is 0. The van der Waals surface area contributed by atoms with E-state index in [4.69, 9.17) is 4.74 Å². The molecule has 0 bridgehead atoms. The molecule has 1 aliphatic heterocycles. The van der Waals surface area contributed by atoms with Gasteiger partial charge in [-0.05, 0) is 57.6 Å². The molecule has 0 aliphatic carbocycles. The standard InChI is InChI=1S/C16H29N3O2.C8H7F3O/c1-4-6-11-18-16(17-3)19-12-9-14(10-13-19)7-8-15(20)21-5-2;1-6-2-4-7(5-3-6)12-8(9,10)11/h11,14H,4-10,12-13H2,1-3H3;2-5H,1H3/b17-16?,18-11-;. The molecular weight excluding hydrogens is 435 g/mol. The Balaban J connectivity index is 0.000000383. The topological polar surface area (TPSA) is 63.5 Å². The summed E-state index contributed by atoms with van der Waals surface area (Å²) < 4.78 is 43.5. The molecule has 1 fully saturated rings. The average molecular weight is 472 g/mol. The zero-order valence-electron chi connectivity index (χ0n) is 20.0. The molecule has 2 rings (SSSR count). The number of aryl methyl sites for hydroxylation is 1. The van der Waals surface area contributed by atoms with Crippen molar-refractivity contribution in [3.8, 4) is 5.75 Å². The van der Waals surface area contributed by atoms with Gasteiger partial charge in [-0.2, -0.15) is 0 Å². The van der Waals surface area contributed by atoms with Gasteiger partial charge < -0.3 is 14.4 Å². The number of likely N-dealkylation sites (tertiary alicyclic amines) is 1. The maximum atomic E-state index is 11.6. The van der Waals surface area contributed by atoms with Crippen LogP contribution in [0.2, 0.25) is 0 Å². The highest BCUT2D eigenvalue weighted by molar-refractivity contribution is 5.87. The second kappa shape index (κ2) is 15.3. The number of unbranched alkanes of at least 4 members (excludes halogenated alkanes) is 1. The van der Waals surface area contributed by atoms with Crippen LogP contribution in [0, 0.1) is 12.8 Å². The molecule has 1 aliphatic rings. The van der Waals surface area contributed by atoms with Crippen molar-refractivity contribution in [3.05, 3.63) is 29.8 Å². The van der Waals surface area contributed by atoms with Crippen molar-refractivity contribution < 1.29 is 27.4 Å². The van der Waals surface area contributed by atoms with Crippen molar-refractivity contribution in [1.29, 1.82) is 0 Å². The first-order valence-electron chi connectivity index (χ1n) is 11.4. The van der Waals surface area contributed by atoms with Gasteiger partial charge >= 0.3 is 12.3 Å². The zero-order chi connectivity index (χ0) is 24.7. The van der Waals surface area contributed by atoms with Crippen LogP contribution in [-0.2, 0) is 9.53 Å². The first kappa shape index (κ1) is 28.5. The Kier molecular flexibility index (Phi) is 13.2. The molecule has 1 saturated heterocycles. The van der Waals surface area contributed by atoms with Crippen LogP contribution in [0.4, 0.5) is 13.2 Å². The number of hydrogen-bond donors (Lipinski definition) is 0. The van der Waals surface area contributed by atoms with Gasteiger partial charge in [0.2, 0.25) is 5.96 Å². The molecule has 1 aromatic rings. The normalized spacial score (nSPS) is 15.2. The van der Waals surface area contributed by atoms with Crippen LogP contribution in [0.3, 0.4) is 0 Å². The lowest BCUT2D eigenvalue weighted by Crippen LogP contribution is -2.37. The molecule has 0 radical (unpaired) electrons. The van der Waals surface area contributed by atoms with Gasteiger partial charge in [0.25, 0.3) is 0 Å². The number of aliphatic imine (C=N–C) groups is 2. The summed E-state index contributed by atoms with van der Waals surface area (Å²) in [5.41, 5.74) is 0.893. The van der Waals surface area contributed by atoms with E-state index < -0.39 is 6.36 Å². The maximum Gasteiger partial charge on any atom is 0.573 e. The van der Waals surface area contributed by atoms with E-state index in [0.29, 0.717) is 18.9 Å². The van der Waals surface area contributed by atoms with Crippen molar-refractivity contribution >= 4 is 18.1 Å². The largest absolute Gasteiger partial charge is 0.573 e. The minimum Gasteiger partial charge on any atom is -0.466 e. The Morgan fingerprint density at radius 2 is 1.82 bits per heavy atom. The van der Waals surface area contributed by atoms with Crippen molar-refractivity contribution in [2.24, 2.45) is 15.9 Å². The van der Waals surface area contributed by atoms with Crippen LogP contribution >= 0.6 is 0 Å². The van der Waals surface area contributed by atoms with Gasteiger partial charge in [-0.25, -0.2) is 4.99 Å². The van der Waals surface area contributed by atoms with Crippen LogP contribution < -0.4 is 4.74 Å². The molecule has 1 heterocycles. The van der Waals surface area contributed by atoms with Gasteiger partial charge in [0.05, 0.1) is 6.61 Å². The molecule has 33 heavy (non-hydrogen) atoms. The number of ether oxygens (including phenoxy) is 2. The number of esters is 1. The van der Waals surface area contributed by atoms with Crippen LogP contribution in [-0.4, -0.2) is 56.1 Å². The Bertz CT molecular complexity index is 742. The van der Waals surface area contributed by atoms with Crippen molar-refractivity contribution in [3.63, 3.8) is 0 Å². The van der Waals surface area contributed by atoms with E-state index in [0.717, 1.165) is 56.7 Å². The summed E-state index contributed by atoms with van der Waals surface area (Å²) in [6, 6.07) is 5.67. The molecule has 1 aromatic carbocycles. The molecule has 9 heteroatoms. The van der Waals surface area contributed by atoms with Gasteiger partial charge in [0.1, 0.15) is 5.75 Å². The number of piperidine rings is 1. The van der Waals surface area contributed by atoms with E-state index in [1.807, 2.05) is 13.1 Å². The smallest absolute Gasteiger partial charge is 0.466 e. The molecule has 6 nitrogen and oxygen atoms in total. The number of carbonyl (C=O) groups excluding carboxylic acids is 1. The summed E-state index contributed by atoms with van der Waals surface area (Å²) >= 11 is 0. The monoisotopic (exact) mass is 471 g/mol. The second-order valence-electron chi connectivity index (χ2n) is 7.76. The Morgan fingerprint density at radius 3 is 2.33 bits per heavy atom. The molecule has 0 saturated carbocycles. The summed E-state index contributed by atoms with van der Waals surface area (Å²) in [6.45, 7) is 8.21. The minimum absolute atomic E-state index is 0.0695. The summed E-state index contributed by atoms with van der Waals surface area (Å²) in [4.78, 5) is 22.4. The van der Waals surface area contributed by atoms with E-state index in [9.17, 15) is 18.0 Å². The number of guanidine groups is 1. The van der Waals surface area contributed by atoms with Crippen LogP contribution in [0.1, 0.15) is 57.9 Å². The average Bonchev–Trinajstić information content (AvgIpc) is 2.77. The quantitative estimate of drug-likeness (QED) is 0.287. The lowest BCUT2D eigenvalue weighted by Gasteiger charge is -2.32. The molecule has 0 spiro atoms. The molecule has 186 valence electrons. The number of rotatable bonds is 7. The van der Waals surface area contributed by atoms with Crippen LogP contribution in [0.5, 0.6) is 5.75 Å². The van der Waals surface area contributed by atoms with Gasteiger partial charge in [-0.15, -0.1) is 13.2 Å². The first-order valence-corrected chi connectivity index (χ1v) is 11.4. The third-order valence-electron chi connectivity index (χ3n) is 5.04. The Hall–Kier alpha value is -2.58. The van der Waals surface area contributed by atoms with E-state index in [2.05, 4.69) is 26.5 Å². The second-order valence-corrected chi connectivity index (χ2v) is 7.76. The zero-order valence-corrected chi connectivity index (χ0v) is 20.0. The third-order valence-corrected chi connectivity index (χ3v) is 5.04. The number of halogens is 3. The van der Waals surface area contributed by atoms with Gasteiger partial charge in [0.15, 0.2) is 0 Å². The fraction of sp³-hybridized carbons (Fsp3) is 0.625. The summed E-state index contributed by atoms with van der Waals surface area (Å²) in [6.07, 6.45) is 3.13. The number of benzene rings is 1. The fourth-order valence-electron chi connectivity index (χ4n) is 3.27. The number of nitrogens with zero attached hydrogens (tertiary/aromatic N) is 3. The first-order chi connectivity index (χ1) is 15.7. The Morgan fingerprint density at radius 1 is 1.18 bits per heavy atom. The maximum absolute atomic E-state index is 11.6. The molecule has 0 amide bonds.